The van der Waals surface area contributed by atoms with E-state index in [1.165, 1.54) is 0 Å². The zero-order valence-electron chi connectivity index (χ0n) is 11.1. The molecule has 0 bridgehead atoms. The van der Waals surface area contributed by atoms with Gasteiger partial charge >= 0.3 is 0 Å². The highest BCUT2D eigenvalue weighted by atomic mass is 16.5. The van der Waals surface area contributed by atoms with E-state index in [1.807, 2.05) is 13.8 Å². The lowest BCUT2D eigenvalue weighted by Gasteiger charge is -2.12. The average Bonchev–Trinajstić information content (AvgIpc) is 2.76. The zero-order valence-corrected chi connectivity index (χ0v) is 11.1. The standard InChI is InChI=1S/C12H18N6O/c1-3-19-8(2)7-18-12(15-16-17-18)9-4-10(13)6-11(14)5-9/h4-6,8H,3,7,13-14H2,1-2H3. The lowest BCUT2D eigenvalue weighted by molar-refractivity contribution is 0.0614. The number of tetrazole rings is 1. The normalized spacial score (nSPS) is 12.5. The Bertz CT molecular complexity index is 533. The van der Waals surface area contributed by atoms with E-state index in [-0.39, 0.29) is 6.10 Å². The van der Waals surface area contributed by atoms with Crippen molar-refractivity contribution in [1.29, 1.82) is 0 Å². The number of anilines is 2. The van der Waals surface area contributed by atoms with Gasteiger partial charge in [0.15, 0.2) is 5.82 Å². The summed E-state index contributed by atoms with van der Waals surface area (Å²) < 4.78 is 7.18. The maximum Gasteiger partial charge on any atom is 0.182 e. The van der Waals surface area contributed by atoms with Gasteiger partial charge in [0.25, 0.3) is 0 Å². The summed E-state index contributed by atoms with van der Waals surface area (Å²) in [5, 5.41) is 11.7. The minimum absolute atomic E-state index is 0.0330. The number of hydrogen-bond donors (Lipinski definition) is 2. The van der Waals surface area contributed by atoms with Crippen LogP contribution in [0.25, 0.3) is 11.4 Å². The van der Waals surface area contributed by atoms with Crippen molar-refractivity contribution in [2.24, 2.45) is 0 Å². The molecule has 1 aromatic carbocycles. The molecule has 0 spiro atoms. The van der Waals surface area contributed by atoms with Gasteiger partial charge in [-0.3, -0.25) is 0 Å². The Morgan fingerprint density at radius 2 is 1.95 bits per heavy atom. The first-order valence-corrected chi connectivity index (χ1v) is 6.14. The minimum atomic E-state index is 0.0330. The van der Waals surface area contributed by atoms with E-state index in [9.17, 15) is 0 Å². The summed E-state index contributed by atoms with van der Waals surface area (Å²) in [6.45, 7) is 5.16. The fraction of sp³-hybridized carbons (Fsp3) is 0.417. The lowest BCUT2D eigenvalue weighted by Crippen LogP contribution is -2.18. The summed E-state index contributed by atoms with van der Waals surface area (Å²) >= 11 is 0. The number of benzene rings is 1. The molecular weight excluding hydrogens is 244 g/mol. The molecule has 0 radical (unpaired) electrons. The molecule has 4 N–H and O–H groups in total. The van der Waals surface area contributed by atoms with Crippen molar-refractivity contribution in [3.63, 3.8) is 0 Å². The van der Waals surface area contributed by atoms with Gasteiger partial charge in [-0.15, -0.1) is 5.10 Å². The van der Waals surface area contributed by atoms with Gasteiger partial charge in [0, 0.05) is 23.5 Å². The Kier molecular flexibility index (Phi) is 3.96. The lowest BCUT2D eigenvalue weighted by atomic mass is 10.1. The van der Waals surface area contributed by atoms with Crippen LogP contribution in [0.4, 0.5) is 11.4 Å². The number of aromatic nitrogens is 4. The first-order valence-electron chi connectivity index (χ1n) is 6.14. The minimum Gasteiger partial charge on any atom is -0.399 e. The summed E-state index contributed by atoms with van der Waals surface area (Å²) in [7, 11) is 0. The summed E-state index contributed by atoms with van der Waals surface area (Å²) in [5.74, 6) is 0.630. The van der Waals surface area contributed by atoms with E-state index in [0.29, 0.717) is 30.4 Å². The molecule has 0 aliphatic heterocycles. The molecule has 0 aliphatic rings. The highest BCUT2D eigenvalue weighted by Gasteiger charge is 2.12. The molecule has 1 atom stereocenters. The Morgan fingerprint density at radius 1 is 1.26 bits per heavy atom. The Labute approximate surface area is 111 Å². The second kappa shape index (κ2) is 5.66. The molecule has 0 amide bonds. The molecule has 1 unspecified atom stereocenters. The molecule has 0 saturated carbocycles. The fourth-order valence-corrected chi connectivity index (χ4v) is 1.92. The first kappa shape index (κ1) is 13.3. The van der Waals surface area contributed by atoms with Crippen LogP contribution in [0.1, 0.15) is 13.8 Å². The summed E-state index contributed by atoms with van der Waals surface area (Å²) in [6, 6.07) is 5.29. The quantitative estimate of drug-likeness (QED) is 0.777. The molecule has 1 aromatic heterocycles. The summed E-state index contributed by atoms with van der Waals surface area (Å²) in [6.07, 6.45) is 0.0330. The summed E-state index contributed by atoms with van der Waals surface area (Å²) in [5.41, 5.74) is 13.5. The van der Waals surface area contributed by atoms with Gasteiger partial charge in [-0.1, -0.05) is 0 Å². The second-order valence-corrected chi connectivity index (χ2v) is 4.34. The number of nitrogens with two attached hydrogens (primary N) is 2. The highest BCUT2D eigenvalue weighted by Crippen LogP contribution is 2.22. The number of nitrogen functional groups attached to an aromatic ring is 2. The van der Waals surface area contributed by atoms with Gasteiger partial charge in [0.05, 0.1) is 12.6 Å². The van der Waals surface area contributed by atoms with Crippen LogP contribution in [-0.2, 0) is 11.3 Å². The third kappa shape index (κ3) is 3.19. The predicted octanol–water partition coefficient (Wildman–Crippen LogP) is 0.929. The van der Waals surface area contributed by atoms with Crippen LogP contribution < -0.4 is 11.5 Å². The molecule has 0 aliphatic carbocycles. The third-order valence-electron chi connectivity index (χ3n) is 2.65. The van der Waals surface area contributed by atoms with Crippen LogP contribution in [0.5, 0.6) is 0 Å². The van der Waals surface area contributed by atoms with Gasteiger partial charge in [-0.05, 0) is 42.5 Å². The van der Waals surface area contributed by atoms with Crippen molar-refractivity contribution >= 4 is 11.4 Å². The molecule has 7 heteroatoms. The van der Waals surface area contributed by atoms with Gasteiger partial charge in [-0.25, -0.2) is 4.68 Å². The molecule has 2 aromatic rings. The van der Waals surface area contributed by atoms with E-state index < -0.39 is 0 Å². The molecule has 19 heavy (non-hydrogen) atoms. The van der Waals surface area contributed by atoms with E-state index in [0.717, 1.165) is 5.56 Å². The molecule has 0 fully saturated rings. The fourth-order valence-electron chi connectivity index (χ4n) is 1.92. The predicted molar refractivity (Wildman–Crippen MR) is 73.2 cm³/mol. The number of hydrogen-bond acceptors (Lipinski definition) is 6. The number of nitrogens with zero attached hydrogens (tertiary/aromatic N) is 4. The largest absolute Gasteiger partial charge is 0.399 e. The van der Waals surface area contributed by atoms with Crippen LogP contribution in [-0.4, -0.2) is 32.9 Å². The van der Waals surface area contributed by atoms with Gasteiger partial charge in [0.1, 0.15) is 0 Å². The summed E-state index contributed by atoms with van der Waals surface area (Å²) in [4.78, 5) is 0. The maximum absolute atomic E-state index is 5.78. The van der Waals surface area contributed by atoms with E-state index in [1.54, 1.807) is 22.9 Å². The topological polar surface area (TPSA) is 105 Å². The van der Waals surface area contributed by atoms with E-state index >= 15 is 0 Å². The molecular formula is C12H18N6O. The third-order valence-corrected chi connectivity index (χ3v) is 2.65. The number of ether oxygens (including phenoxy) is 1. The molecule has 2 rings (SSSR count). The average molecular weight is 262 g/mol. The van der Waals surface area contributed by atoms with Gasteiger partial charge < -0.3 is 16.2 Å². The molecule has 102 valence electrons. The molecule has 0 saturated heterocycles. The Balaban J connectivity index is 2.28. The Hall–Kier alpha value is -2.15. The molecule has 7 nitrogen and oxygen atoms in total. The smallest absolute Gasteiger partial charge is 0.182 e. The van der Waals surface area contributed by atoms with Crippen molar-refractivity contribution < 1.29 is 4.74 Å². The van der Waals surface area contributed by atoms with E-state index in [4.69, 9.17) is 16.2 Å². The first-order chi connectivity index (χ1) is 9.10. The maximum atomic E-state index is 5.78. The number of rotatable bonds is 5. The van der Waals surface area contributed by atoms with Gasteiger partial charge in [0.2, 0.25) is 0 Å². The van der Waals surface area contributed by atoms with Crippen LogP contribution in [0.15, 0.2) is 18.2 Å². The van der Waals surface area contributed by atoms with Crippen LogP contribution >= 0.6 is 0 Å². The van der Waals surface area contributed by atoms with Crippen molar-refractivity contribution in [1.82, 2.24) is 20.2 Å². The van der Waals surface area contributed by atoms with Crippen molar-refractivity contribution in [2.45, 2.75) is 26.5 Å². The van der Waals surface area contributed by atoms with E-state index in [2.05, 4.69) is 15.5 Å². The SMILES string of the molecule is CCOC(C)Cn1nnnc1-c1cc(N)cc(N)c1. The van der Waals surface area contributed by atoms with Crippen LogP contribution in [0, 0.1) is 0 Å². The van der Waals surface area contributed by atoms with Gasteiger partial charge in [-0.2, -0.15) is 0 Å². The van der Waals surface area contributed by atoms with Crippen molar-refractivity contribution in [2.75, 3.05) is 18.1 Å². The molecule has 1 heterocycles. The van der Waals surface area contributed by atoms with Crippen LogP contribution in [0.3, 0.4) is 0 Å². The monoisotopic (exact) mass is 262 g/mol. The van der Waals surface area contributed by atoms with Crippen molar-refractivity contribution in [3.8, 4) is 11.4 Å². The Morgan fingerprint density at radius 3 is 2.58 bits per heavy atom. The van der Waals surface area contributed by atoms with Crippen LogP contribution in [0.2, 0.25) is 0 Å². The second-order valence-electron chi connectivity index (χ2n) is 4.34. The highest BCUT2D eigenvalue weighted by molar-refractivity contribution is 5.67. The zero-order chi connectivity index (χ0) is 13.8. The van der Waals surface area contributed by atoms with Crippen molar-refractivity contribution in [3.05, 3.63) is 18.2 Å².